The van der Waals surface area contributed by atoms with E-state index in [-0.39, 0.29) is 43.5 Å². The number of cyclic esters (lactones) is 1. The standard InChI is InChI=1S/C49H88N4O11/c1-16-21-53-27-29(3)42(55)48(12,57)38(17-2)62-44(56)33(7)41(32(6)43(46(9,10)24-30(53)4)64-45-40(54)37(52(13)14)22-31(5)60-45)63-39-25-47(11,59-15)49(58,34(8)61-39)28-51-26-35-19-18-20-36(50)23-35/h18-20,23,29-34,37-43,45,51,54-55,57-58H,16-17,21-22,24-28,50H2,1-15H3/t29-,30+,31+,32-,33+,34-,37-,38+,39+,40+,41+,42+,43+,45-,47-,48+,49+/m0/s1. The van der Waals surface area contributed by atoms with Gasteiger partial charge >= 0.3 is 5.97 Å². The predicted molar refractivity (Wildman–Crippen MR) is 248 cm³/mol. The Labute approximate surface area is 385 Å². The number of nitrogen functional groups attached to an aromatic ring is 1. The lowest BCUT2D eigenvalue weighted by Crippen LogP contribution is -2.70. The normalized spacial score (nSPS) is 42.2. The molecular weight excluding hydrogens is 821 g/mol. The van der Waals surface area contributed by atoms with Gasteiger partial charge in [0.1, 0.15) is 29.0 Å². The van der Waals surface area contributed by atoms with Crippen LogP contribution < -0.4 is 11.1 Å². The molecule has 0 saturated carbocycles. The van der Waals surface area contributed by atoms with Crippen molar-refractivity contribution in [2.45, 2.75) is 206 Å². The number of likely N-dealkylation sites (N-methyl/N-ethyl adjacent to an activating group) is 1. The second kappa shape index (κ2) is 22.4. The number of nitrogens with two attached hydrogens (primary N) is 1. The molecule has 0 spiro atoms. The highest BCUT2D eigenvalue weighted by Crippen LogP contribution is 2.45. The third-order valence-electron chi connectivity index (χ3n) is 15.0. The van der Waals surface area contributed by atoms with E-state index in [4.69, 9.17) is 34.2 Å². The van der Waals surface area contributed by atoms with E-state index in [1.165, 1.54) is 0 Å². The first-order valence-corrected chi connectivity index (χ1v) is 23.9. The van der Waals surface area contributed by atoms with Crippen LogP contribution in [0.3, 0.4) is 0 Å². The summed E-state index contributed by atoms with van der Waals surface area (Å²) in [7, 11) is 5.44. The number of anilines is 1. The van der Waals surface area contributed by atoms with Crippen LogP contribution in [-0.4, -0.2) is 161 Å². The van der Waals surface area contributed by atoms with Crippen molar-refractivity contribution in [3.63, 3.8) is 0 Å². The third-order valence-corrected chi connectivity index (χ3v) is 15.0. The molecule has 7 N–H and O–H groups in total. The van der Waals surface area contributed by atoms with Crippen LogP contribution in [0.5, 0.6) is 0 Å². The summed E-state index contributed by atoms with van der Waals surface area (Å²) in [6, 6.07) is 7.33. The molecule has 3 aliphatic heterocycles. The van der Waals surface area contributed by atoms with E-state index in [0.29, 0.717) is 31.6 Å². The molecule has 370 valence electrons. The first kappa shape index (κ1) is 54.6. The lowest BCUT2D eigenvalue weighted by molar-refractivity contribution is -0.334. The number of esters is 1. The molecule has 17 atom stereocenters. The van der Waals surface area contributed by atoms with Gasteiger partial charge in [-0.3, -0.25) is 4.79 Å². The number of carbonyl (C=O) groups excluding carboxylic acids is 1. The van der Waals surface area contributed by atoms with E-state index in [1.54, 1.807) is 27.9 Å². The van der Waals surface area contributed by atoms with E-state index in [9.17, 15) is 25.2 Å². The Balaban J connectivity index is 1.80. The fourth-order valence-corrected chi connectivity index (χ4v) is 11.0. The summed E-state index contributed by atoms with van der Waals surface area (Å²) in [4.78, 5) is 19.0. The topological polar surface area (TPSA) is 198 Å². The maximum Gasteiger partial charge on any atom is 0.311 e. The van der Waals surface area contributed by atoms with E-state index in [0.717, 1.165) is 18.5 Å². The Kier molecular flexibility index (Phi) is 19.1. The number of rotatable bonds is 13. The molecule has 3 heterocycles. The van der Waals surface area contributed by atoms with Gasteiger partial charge in [-0.1, -0.05) is 53.7 Å². The Hall–Kier alpha value is -1.99. The highest BCUT2D eigenvalue weighted by Gasteiger charge is 2.58. The smallest absolute Gasteiger partial charge is 0.311 e. The molecule has 3 aliphatic rings. The van der Waals surface area contributed by atoms with Crippen molar-refractivity contribution in [3.8, 4) is 0 Å². The van der Waals surface area contributed by atoms with Crippen LogP contribution >= 0.6 is 0 Å². The van der Waals surface area contributed by atoms with Crippen LogP contribution in [-0.2, 0) is 39.8 Å². The molecule has 15 heteroatoms. The molecule has 4 rings (SSSR count). The number of aliphatic hydroxyl groups excluding tert-OH is 2. The summed E-state index contributed by atoms with van der Waals surface area (Å²) in [6.45, 7) is 25.1. The van der Waals surface area contributed by atoms with Gasteiger partial charge in [0, 0.05) is 56.9 Å². The number of ether oxygens (including phenoxy) is 6. The first-order chi connectivity index (χ1) is 29.8. The number of nitrogens with one attached hydrogen (secondary N) is 1. The fourth-order valence-electron chi connectivity index (χ4n) is 11.0. The molecule has 0 aromatic heterocycles. The molecule has 0 amide bonds. The quantitative estimate of drug-likeness (QED) is 0.118. The molecular formula is C49H88N4O11. The van der Waals surface area contributed by atoms with E-state index >= 15 is 0 Å². The highest BCUT2D eigenvalue weighted by atomic mass is 16.7. The zero-order chi connectivity index (χ0) is 48.1. The lowest BCUT2D eigenvalue weighted by atomic mass is 9.72. The van der Waals surface area contributed by atoms with Gasteiger partial charge in [0.2, 0.25) is 0 Å². The number of nitrogens with zero attached hydrogens (tertiary/aromatic N) is 2. The second-order valence-electron chi connectivity index (χ2n) is 21.0. The monoisotopic (exact) mass is 909 g/mol. The van der Waals surface area contributed by atoms with E-state index < -0.39 is 89.2 Å². The Morgan fingerprint density at radius 1 is 0.984 bits per heavy atom. The van der Waals surface area contributed by atoms with Gasteiger partial charge in [-0.2, -0.15) is 0 Å². The van der Waals surface area contributed by atoms with Gasteiger partial charge in [-0.15, -0.1) is 0 Å². The zero-order valence-corrected chi connectivity index (χ0v) is 41.9. The van der Waals surface area contributed by atoms with Gasteiger partial charge in [-0.05, 0) is 117 Å². The average molecular weight is 909 g/mol. The molecule has 0 aliphatic carbocycles. The van der Waals surface area contributed by atoms with Crippen LogP contribution in [0.15, 0.2) is 24.3 Å². The van der Waals surface area contributed by atoms with Gasteiger partial charge in [0.15, 0.2) is 12.6 Å². The molecule has 0 unspecified atom stereocenters. The van der Waals surface area contributed by atoms with Crippen LogP contribution in [0, 0.1) is 23.2 Å². The molecule has 1 aromatic rings. The van der Waals surface area contributed by atoms with E-state index in [2.05, 4.69) is 37.9 Å². The first-order valence-electron chi connectivity index (χ1n) is 23.9. The highest BCUT2D eigenvalue weighted by molar-refractivity contribution is 5.73. The van der Waals surface area contributed by atoms with Crippen molar-refractivity contribution >= 4 is 11.7 Å². The molecule has 0 bridgehead atoms. The minimum Gasteiger partial charge on any atom is -0.459 e. The van der Waals surface area contributed by atoms with Crippen molar-refractivity contribution in [1.82, 2.24) is 15.1 Å². The van der Waals surface area contributed by atoms with Crippen molar-refractivity contribution in [1.29, 1.82) is 0 Å². The number of aliphatic hydroxyl groups is 4. The molecule has 3 saturated heterocycles. The minimum absolute atomic E-state index is 0.00394. The summed E-state index contributed by atoms with van der Waals surface area (Å²) in [6.07, 6.45) is -5.22. The largest absolute Gasteiger partial charge is 0.459 e. The molecule has 0 radical (unpaired) electrons. The SMILES string of the molecule is CCCN1C[C@H](C)[C@@H](O)[C@](C)(O)[C@@H](CC)OC(=O)[C@H](C)[C@H](O[C@@H]2C[C@](C)(OC)[C@@](O)(CNCc3cccc(N)c3)[C@H](C)O2)[C@H](C)[C@@H](O[C@@H]2O[C@H](C)C[C@H](N(C)C)[C@H]2O)C(C)(C)C[C@H]1C. The van der Waals surface area contributed by atoms with Crippen LogP contribution in [0.4, 0.5) is 5.69 Å². The number of carbonyl (C=O) groups is 1. The van der Waals surface area contributed by atoms with Gasteiger partial charge in [-0.25, -0.2) is 0 Å². The maximum absolute atomic E-state index is 14.6. The lowest BCUT2D eigenvalue weighted by Gasteiger charge is -2.54. The maximum atomic E-state index is 14.6. The molecule has 15 nitrogen and oxygen atoms in total. The summed E-state index contributed by atoms with van der Waals surface area (Å²) in [5, 5.41) is 51.4. The van der Waals surface area contributed by atoms with Crippen molar-refractivity contribution in [2.75, 3.05) is 46.6 Å². The number of benzene rings is 1. The Bertz CT molecular complexity index is 1620. The van der Waals surface area contributed by atoms with E-state index in [1.807, 2.05) is 77.9 Å². The number of hydrogen-bond donors (Lipinski definition) is 6. The van der Waals surface area contributed by atoms with Crippen molar-refractivity contribution < 1.29 is 53.6 Å². The average Bonchev–Trinajstić information content (AvgIpc) is 3.22. The van der Waals surface area contributed by atoms with Crippen LogP contribution in [0.1, 0.15) is 121 Å². The molecule has 64 heavy (non-hydrogen) atoms. The van der Waals surface area contributed by atoms with Crippen LogP contribution in [0.2, 0.25) is 0 Å². The van der Waals surface area contributed by atoms with Gasteiger partial charge in [0.25, 0.3) is 0 Å². The Morgan fingerprint density at radius 2 is 1.66 bits per heavy atom. The summed E-state index contributed by atoms with van der Waals surface area (Å²) in [5.74, 6) is -2.49. The third kappa shape index (κ3) is 12.4. The molecule has 1 aromatic carbocycles. The molecule has 3 fully saturated rings. The van der Waals surface area contributed by atoms with Crippen LogP contribution in [0.25, 0.3) is 0 Å². The van der Waals surface area contributed by atoms with Gasteiger partial charge < -0.3 is 69.7 Å². The number of hydrogen-bond acceptors (Lipinski definition) is 15. The Morgan fingerprint density at radius 3 is 2.25 bits per heavy atom. The predicted octanol–water partition coefficient (Wildman–Crippen LogP) is 4.70. The number of methoxy groups -OCH3 is 1. The summed E-state index contributed by atoms with van der Waals surface area (Å²) < 4.78 is 39.6. The fraction of sp³-hybridized carbons (Fsp3) is 0.857. The van der Waals surface area contributed by atoms with Gasteiger partial charge in [0.05, 0.1) is 36.4 Å². The minimum atomic E-state index is -1.76. The van der Waals surface area contributed by atoms with Crippen molar-refractivity contribution in [2.24, 2.45) is 23.2 Å². The second-order valence-corrected chi connectivity index (χ2v) is 21.0. The zero-order valence-electron chi connectivity index (χ0n) is 41.9. The van der Waals surface area contributed by atoms with Crippen molar-refractivity contribution in [3.05, 3.63) is 29.8 Å². The summed E-state index contributed by atoms with van der Waals surface area (Å²) in [5.41, 5.74) is 2.58. The summed E-state index contributed by atoms with van der Waals surface area (Å²) >= 11 is 0.